The maximum atomic E-state index is 3.81. The summed E-state index contributed by atoms with van der Waals surface area (Å²) in [7, 11) is 0. The first kappa shape index (κ1) is 5.22. The van der Waals surface area contributed by atoms with E-state index in [1.165, 1.54) is 2.81 Å². The van der Waals surface area contributed by atoms with Gasteiger partial charge in [0.2, 0.25) is 0 Å². The molecule has 0 unspecified atom stereocenters. The third kappa shape index (κ3) is 1.55. The van der Waals surface area contributed by atoms with E-state index in [1.807, 2.05) is 12.4 Å². The van der Waals surface area contributed by atoms with Crippen molar-refractivity contribution in [3.8, 4) is 0 Å². The molecule has 0 bridgehead atoms. The van der Waals surface area contributed by atoms with Crippen molar-refractivity contribution in [3.05, 3.63) is 18.7 Å². The fourth-order valence-corrected chi connectivity index (χ4v) is 0.672. The molecule has 30 valence electrons. The summed E-state index contributed by atoms with van der Waals surface area (Å²) in [5.41, 5.74) is 0. The predicted octanol–water partition coefficient (Wildman–Crippen LogP) is -0.730. The van der Waals surface area contributed by atoms with Crippen LogP contribution in [0.2, 0.25) is 0 Å². The second kappa shape index (κ2) is 2.40. The number of aromatic nitrogens is 2. The van der Waals surface area contributed by atoms with Gasteiger partial charge in [-0.05, 0) is 0 Å². The Morgan fingerprint density at radius 2 is 1.86 bits per heavy atom. The van der Waals surface area contributed by atoms with Gasteiger partial charge in [0.1, 0.15) is 0 Å². The van der Waals surface area contributed by atoms with E-state index in [-0.39, 0.29) is 0 Å². The topological polar surface area (TPSA) is 25.8 Å². The molecule has 1 aromatic rings. The van der Waals surface area contributed by atoms with Gasteiger partial charge in [-0.3, -0.25) is 0 Å². The second-order valence-corrected chi connectivity index (χ2v) is 2.57. The first-order valence-corrected chi connectivity index (χ1v) is 3.11. The van der Waals surface area contributed by atoms with Crippen LogP contribution in [0, 0.1) is 0 Å². The van der Waals surface area contributed by atoms with E-state index >= 15 is 0 Å². The van der Waals surface area contributed by atoms with Crippen molar-refractivity contribution < 1.29 is 0 Å². The van der Waals surface area contributed by atoms with Crippen molar-refractivity contribution in [2.75, 3.05) is 0 Å². The first-order valence-electron chi connectivity index (χ1n) is 2.11. The molecule has 7 heavy (non-hydrogen) atoms. The van der Waals surface area contributed by atoms with Crippen LogP contribution in [0.15, 0.2) is 18.7 Å². The molecule has 3 heteroatoms. The van der Waals surface area contributed by atoms with Crippen LogP contribution in [-0.2, 0) is 0 Å². The van der Waals surface area contributed by atoms with Crippen molar-refractivity contribution in [1.29, 1.82) is 0 Å². The monoisotopic (exact) mass is 102 g/mol. The van der Waals surface area contributed by atoms with Gasteiger partial charge in [-0.2, -0.15) is 0 Å². The van der Waals surface area contributed by atoms with Gasteiger partial charge in [0, 0.05) is 0 Å². The van der Waals surface area contributed by atoms with Gasteiger partial charge in [-0.25, -0.2) is 0 Å². The molecule has 0 N–H and O–H groups in total. The molecule has 0 atom stereocenters. The Labute approximate surface area is 59.4 Å². The van der Waals surface area contributed by atoms with Gasteiger partial charge in [0.25, 0.3) is 0 Å². The number of hydrogen-bond donors (Lipinski definition) is 0. The van der Waals surface area contributed by atoms with Crippen molar-refractivity contribution in [2.45, 2.75) is 0 Å². The average Bonchev–Trinajstić information content (AvgIpc) is 1.69. The van der Waals surface area contributed by atoms with Crippen LogP contribution >= 0.6 is 0 Å². The van der Waals surface area contributed by atoms with Gasteiger partial charge in [0.05, 0.1) is 0 Å². The van der Waals surface area contributed by atoms with E-state index in [1.54, 1.807) is 6.33 Å². The molecule has 0 aliphatic heterocycles. The normalized spacial score (nSPS) is 8.86. The quantitative estimate of drug-likeness (QED) is 0.403. The van der Waals surface area contributed by atoms with E-state index < -0.39 is 0 Å². The molecule has 2 nitrogen and oxygen atoms in total. The number of hydrogen-bond acceptors (Lipinski definition) is 2. The number of rotatable bonds is 0. The molecule has 0 amide bonds. The molecule has 1 rings (SSSR count). The summed E-state index contributed by atoms with van der Waals surface area (Å²) in [5.74, 6) is 0. The van der Waals surface area contributed by atoms with Crippen LogP contribution in [0.3, 0.4) is 0 Å². The van der Waals surface area contributed by atoms with E-state index in [4.69, 9.17) is 0 Å². The van der Waals surface area contributed by atoms with Gasteiger partial charge >= 0.3 is 59.4 Å². The molecule has 0 fully saturated rings. The summed E-state index contributed by atoms with van der Waals surface area (Å²) in [6.07, 6.45) is 5.21. The minimum atomic E-state index is 1.05. The summed E-state index contributed by atoms with van der Waals surface area (Å²) in [6, 6.07) is 0. The fourth-order valence-electron chi connectivity index (χ4n) is 0.374. The molecule has 0 aliphatic carbocycles. The Bertz CT molecular complexity index is 140. The van der Waals surface area contributed by atoms with Crippen LogP contribution in [0.1, 0.15) is 0 Å². The zero-order chi connectivity index (χ0) is 5.11. The molecule has 0 aliphatic rings. The maximum absolute atomic E-state index is 3.81. The zero-order valence-corrected chi connectivity index (χ0v) is 6.13. The molecule has 0 aromatic carbocycles. The third-order valence-corrected chi connectivity index (χ3v) is 1.21. The van der Waals surface area contributed by atoms with E-state index in [0.29, 0.717) is 0 Å². The van der Waals surface area contributed by atoms with Crippen molar-refractivity contribution in [3.63, 3.8) is 0 Å². The SMILES string of the molecule is [Na][c]1cncnc1. The van der Waals surface area contributed by atoms with Crippen LogP contribution in [0.25, 0.3) is 0 Å². The molecule has 1 aromatic heterocycles. The standard InChI is InChI=1S/C4H3N2.Na/c1-2-5-4-6-3-1;/h2-4H;. The molecule has 1 heterocycles. The Hall–Kier alpha value is 0.0800. The summed E-state index contributed by atoms with van der Waals surface area (Å²) in [5, 5.41) is 0. The van der Waals surface area contributed by atoms with E-state index in [9.17, 15) is 0 Å². The zero-order valence-electron chi connectivity index (χ0n) is 4.13. The summed E-state index contributed by atoms with van der Waals surface area (Å²) in [6.45, 7) is 0. The average molecular weight is 102 g/mol. The molecular formula is C4H3N2Na. The summed E-state index contributed by atoms with van der Waals surface area (Å²) < 4.78 is 1.24. The molecule has 0 saturated carbocycles. The Balaban J connectivity index is 3.02. The van der Waals surface area contributed by atoms with Crippen LogP contribution in [0.5, 0.6) is 0 Å². The molecule has 0 spiro atoms. The van der Waals surface area contributed by atoms with Gasteiger partial charge in [-0.15, -0.1) is 0 Å². The van der Waals surface area contributed by atoms with Crippen molar-refractivity contribution in [2.24, 2.45) is 0 Å². The Morgan fingerprint density at radius 3 is 2.14 bits per heavy atom. The van der Waals surface area contributed by atoms with E-state index in [0.717, 1.165) is 27.9 Å². The summed E-state index contributed by atoms with van der Waals surface area (Å²) in [4.78, 5) is 7.62. The van der Waals surface area contributed by atoms with E-state index in [2.05, 4.69) is 9.97 Å². The number of nitrogens with zero attached hydrogens (tertiary/aromatic N) is 2. The molecule has 0 saturated heterocycles. The minimum absolute atomic E-state index is 1.05. The fraction of sp³-hybridized carbons (Fsp3) is 0. The summed E-state index contributed by atoms with van der Waals surface area (Å²) >= 11 is 1.05. The first-order chi connectivity index (χ1) is 3.39. The van der Waals surface area contributed by atoms with Crippen molar-refractivity contribution >= 4 is 30.7 Å². The van der Waals surface area contributed by atoms with Crippen LogP contribution in [0.4, 0.5) is 0 Å². The Kier molecular flexibility index (Phi) is 1.79. The predicted molar refractivity (Wildman–Crippen MR) is 27.4 cm³/mol. The van der Waals surface area contributed by atoms with Crippen LogP contribution in [-0.4, -0.2) is 37.9 Å². The van der Waals surface area contributed by atoms with Gasteiger partial charge < -0.3 is 0 Å². The third-order valence-electron chi connectivity index (χ3n) is 0.690. The Morgan fingerprint density at radius 1 is 1.29 bits per heavy atom. The molecular weight excluding hydrogens is 99.0 g/mol. The second-order valence-electron chi connectivity index (χ2n) is 1.42. The van der Waals surface area contributed by atoms with Gasteiger partial charge in [0.15, 0.2) is 0 Å². The van der Waals surface area contributed by atoms with Crippen molar-refractivity contribution in [1.82, 2.24) is 9.97 Å². The van der Waals surface area contributed by atoms with Crippen LogP contribution < -0.4 is 2.81 Å². The molecule has 0 radical (unpaired) electrons. The van der Waals surface area contributed by atoms with Gasteiger partial charge in [-0.1, -0.05) is 0 Å².